The van der Waals surface area contributed by atoms with E-state index in [1.165, 1.54) is 0 Å². The molecule has 0 aliphatic rings. The van der Waals surface area contributed by atoms with Crippen LogP contribution in [0.3, 0.4) is 0 Å². The topological polar surface area (TPSA) is 33.1 Å². The van der Waals surface area contributed by atoms with E-state index in [2.05, 4.69) is 20.9 Å². The first-order chi connectivity index (χ1) is 7.20. The summed E-state index contributed by atoms with van der Waals surface area (Å²) < 4.78 is 0.955. The lowest BCUT2D eigenvalue weighted by atomic mass is 10.0. The van der Waals surface area contributed by atoms with Crippen LogP contribution in [0.5, 0.6) is 0 Å². The maximum absolute atomic E-state index is 10.2. The van der Waals surface area contributed by atoms with Crippen molar-refractivity contribution in [1.82, 2.24) is 4.98 Å². The number of nitrogens with zero attached hydrogens (tertiary/aromatic N) is 1. The highest BCUT2D eigenvalue weighted by atomic mass is 79.9. The fraction of sp³-hybridized carbons (Fsp3) is 0.182. The second-order valence-electron chi connectivity index (χ2n) is 3.31. The van der Waals surface area contributed by atoms with Gasteiger partial charge in [0.05, 0.1) is 0 Å². The number of hydrogen-bond donors (Lipinski definition) is 1. The van der Waals surface area contributed by atoms with Gasteiger partial charge in [0.15, 0.2) is 0 Å². The van der Waals surface area contributed by atoms with Crippen LogP contribution in [0.1, 0.15) is 22.8 Å². The molecule has 0 bridgehead atoms. The minimum Gasteiger partial charge on any atom is -0.384 e. The van der Waals surface area contributed by atoms with Gasteiger partial charge in [0.1, 0.15) is 6.10 Å². The molecule has 1 N–H and O–H groups in total. The van der Waals surface area contributed by atoms with Crippen molar-refractivity contribution in [2.24, 2.45) is 0 Å². The molecule has 2 aromatic heterocycles. The Morgan fingerprint density at radius 3 is 2.80 bits per heavy atom. The monoisotopic (exact) mass is 283 g/mol. The molecular weight excluding hydrogens is 274 g/mol. The minimum absolute atomic E-state index is 0.575. The minimum atomic E-state index is -0.575. The lowest BCUT2D eigenvalue weighted by molar-refractivity contribution is 0.219. The molecule has 2 heterocycles. The highest BCUT2D eigenvalue weighted by Gasteiger charge is 2.15. The summed E-state index contributed by atoms with van der Waals surface area (Å²) in [5.41, 5.74) is 2.82. The zero-order valence-corrected chi connectivity index (χ0v) is 10.5. The first-order valence-corrected chi connectivity index (χ1v) is 6.24. The van der Waals surface area contributed by atoms with Gasteiger partial charge in [-0.15, -0.1) is 0 Å². The van der Waals surface area contributed by atoms with Gasteiger partial charge < -0.3 is 5.11 Å². The summed E-state index contributed by atoms with van der Waals surface area (Å²) in [6.07, 6.45) is 2.89. The Morgan fingerprint density at radius 2 is 2.20 bits per heavy atom. The number of thiophene rings is 1. The smallest absolute Gasteiger partial charge is 0.106 e. The van der Waals surface area contributed by atoms with Crippen molar-refractivity contribution >= 4 is 27.3 Å². The molecule has 1 atom stereocenters. The van der Waals surface area contributed by atoms with Gasteiger partial charge in [-0.05, 0) is 45.4 Å². The summed E-state index contributed by atoms with van der Waals surface area (Å²) in [7, 11) is 0. The third-order valence-corrected chi connectivity index (χ3v) is 4.05. The van der Waals surface area contributed by atoms with Gasteiger partial charge in [0, 0.05) is 27.8 Å². The number of halogens is 1. The van der Waals surface area contributed by atoms with E-state index in [9.17, 15) is 5.11 Å². The van der Waals surface area contributed by atoms with E-state index in [4.69, 9.17) is 0 Å². The second kappa shape index (κ2) is 4.43. The summed E-state index contributed by atoms with van der Waals surface area (Å²) in [6.45, 7) is 1.95. The third kappa shape index (κ3) is 2.12. The maximum Gasteiger partial charge on any atom is 0.106 e. The van der Waals surface area contributed by atoms with Crippen LogP contribution in [-0.4, -0.2) is 10.1 Å². The Kier molecular flexibility index (Phi) is 3.19. The summed E-state index contributed by atoms with van der Waals surface area (Å²) >= 11 is 5.00. The fourth-order valence-electron chi connectivity index (χ4n) is 1.44. The largest absolute Gasteiger partial charge is 0.384 e. The van der Waals surface area contributed by atoms with Crippen molar-refractivity contribution in [3.8, 4) is 0 Å². The SMILES string of the molecule is Cc1cnccc1C(O)c1cscc1Br. The second-order valence-corrected chi connectivity index (χ2v) is 4.91. The van der Waals surface area contributed by atoms with Gasteiger partial charge in [-0.3, -0.25) is 4.98 Å². The Bertz CT molecular complexity index is 469. The lowest BCUT2D eigenvalue weighted by Crippen LogP contribution is -2.01. The average Bonchev–Trinajstić information content (AvgIpc) is 2.64. The predicted octanol–water partition coefficient (Wildman–Crippen LogP) is 3.30. The van der Waals surface area contributed by atoms with Crippen LogP contribution < -0.4 is 0 Å². The molecule has 0 spiro atoms. The van der Waals surface area contributed by atoms with Gasteiger partial charge in [-0.2, -0.15) is 11.3 Å². The number of aliphatic hydroxyl groups excluding tert-OH is 1. The molecule has 4 heteroatoms. The Morgan fingerprint density at radius 1 is 1.40 bits per heavy atom. The molecule has 2 nitrogen and oxygen atoms in total. The molecule has 2 rings (SSSR count). The Hall–Kier alpha value is -0.710. The number of pyridine rings is 1. The lowest BCUT2D eigenvalue weighted by Gasteiger charge is -2.12. The first-order valence-electron chi connectivity index (χ1n) is 4.50. The third-order valence-electron chi connectivity index (χ3n) is 2.30. The normalized spacial score (nSPS) is 12.7. The van der Waals surface area contributed by atoms with E-state index in [0.717, 1.165) is 21.2 Å². The van der Waals surface area contributed by atoms with E-state index in [1.54, 1.807) is 23.7 Å². The highest BCUT2D eigenvalue weighted by Crippen LogP contribution is 2.32. The molecule has 0 radical (unpaired) electrons. The number of rotatable bonds is 2. The molecule has 0 aliphatic carbocycles. The number of aromatic nitrogens is 1. The molecule has 0 fully saturated rings. The molecule has 0 saturated heterocycles. The van der Waals surface area contributed by atoms with Gasteiger partial charge in [0.25, 0.3) is 0 Å². The van der Waals surface area contributed by atoms with Crippen LogP contribution in [-0.2, 0) is 0 Å². The van der Waals surface area contributed by atoms with Crippen LogP contribution in [0, 0.1) is 6.92 Å². The van der Waals surface area contributed by atoms with Crippen LogP contribution in [0.15, 0.2) is 33.7 Å². The average molecular weight is 284 g/mol. The molecule has 2 aromatic rings. The van der Waals surface area contributed by atoms with Crippen molar-refractivity contribution < 1.29 is 5.11 Å². The molecule has 0 amide bonds. The van der Waals surface area contributed by atoms with Gasteiger partial charge in [-0.25, -0.2) is 0 Å². The molecular formula is C11H10BrNOS. The standard InChI is InChI=1S/C11H10BrNOS/c1-7-4-13-3-2-8(7)11(14)9-5-15-6-10(9)12/h2-6,11,14H,1H3. The van der Waals surface area contributed by atoms with Crippen LogP contribution >= 0.6 is 27.3 Å². The first kappa shape index (κ1) is 10.8. The van der Waals surface area contributed by atoms with Gasteiger partial charge in [0.2, 0.25) is 0 Å². The molecule has 0 aliphatic heterocycles. The van der Waals surface area contributed by atoms with E-state index in [-0.39, 0.29) is 0 Å². The fourth-order valence-corrected chi connectivity index (χ4v) is 2.98. The van der Waals surface area contributed by atoms with Gasteiger partial charge >= 0.3 is 0 Å². The van der Waals surface area contributed by atoms with Crippen molar-refractivity contribution in [2.75, 3.05) is 0 Å². The number of aliphatic hydroxyl groups is 1. The van der Waals surface area contributed by atoms with Crippen molar-refractivity contribution in [2.45, 2.75) is 13.0 Å². The van der Waals surface area contributed by atoms with Crippen LogP contribution in [0.25, 0.3) is 0 Å². The molecule has 15 heavy (non-hydrogen) atoms. The summed E-state index contributed by atoms with van der Waals surface area (Å²) in [5.74, 6) is 0. The van der Waals surface area contributed by atoms with Crippen molar-refractivity contribution in [3.63, 3.8) is 0 Å². The summed E-state index contributed by atoms with van der Waals surface area (Å²) in [6, 6.07) is 1.85. The zero-order valence-electron chi connectivity index (χ0n) is 8.14. The number of aryl methyl sites for hydroxylation is 1. The quantitative estimate of drug-likeness (QED) is 0.918. The Labute approximate surface area is 101 Å². The van der Waals surface area contributed by atoms with Crippen LogP contribution in [0.2, 0.25) is 0 Å². The summed E-state index contributed by atoms with van der Waals surface area (Å²) in [4.78, 5) is 4.01. The van der Waals surface area contributed by atoms with E-state index >= 15 is 0 Å². The van der Waals surface area contributed by atoms with Crippen molar-refractivity contribution in [1.29, 1.82) is 0 Å². The van der Waals surface area contributed by atoms with E-state index in [0.29, 0.717) is 0 Å². The molecule has 0 saturated carbocycles. The molecule has 1 unspecified atom stereocenters. The van der Waals surface area contributed by atoms with Gasteiger partial charge in [-0.1, -0.05) is 0 Å². The maximum atomic E-state index is 10.2. The van der Waals surface area contributed by atoms with Crippen LogP contribution in [0.4, 0.5) is 0 Å². The number of hydrogen-bond acceptors (Lipinski definition) is 3. The predicted molar refractivity (Wildman–Crippen MR) is 65.1 cm³/mol. The van der Waals surface area contributed by atoms with E-state index in [1.807, 2.05) is 23.8 Å². The summed E-state index contributed by atoms with van der Waals surface area (Å²) in [5, 5.41) is 14.1. The zero-order chi connectivity index (χ0) is 10.8. The molecule has 78 valence electrons. The van der Waals surface area contributed by atoms with Crippen molar-refractivity contribution in [3.05, 3.63) is 50.4 Å². The van der Waals surface area contributed by atoms with E-state index < -0.39 is 6.10 Å². The molecule has 0 aromatic carbocycles. The Balaban J connectivity index is 2.41. The highest BCUT2D eigenvalue weighted by molar-refractivity contribution is 9.10.